The molecule has 56 heavy (non-hydrogen) atoms. The minimum atomic E-state index is -2.84. The molecule has 296 valence electrons. The highest BCUT2D eigenvalue weighted by molar-refractivity contribution is 7.10. The molecule has 0 fully saturated rings. The number of hydrogen-bond donors (Lipinski definition) is 3. The molecule has 0 aliphatic heterocycles. The van der Waals surface area contributed by atoms with Gasteiger partial charge in [0.2, 0.25) is 0 Å². The van der Waals surface area contributed by atoms with Gasteiger partial charge < -0.3 is 44.4 Å². The predicted molar refractivity (Wildman–Crippen MR) is 209 cm³/mol. The van der Waals surface area contributed by atoms with E-state index in [4.69, 9.17) is 28.4 Å². The molecule has 0 saturated heterocycles. The first kappa shape index (κ1) is 43.7. The van der Waals surface area contributed by atoms with Crippen LogP contribution in [0.3, 0.4) is 0 Å². The number of rotatable bonds is 18. The van der Waals surface area contributed by atoms with Crippen LogP contribution in [0.5, 0.6) is 17.2 Å². The Morgan fingerprint density at radius 1 is 0.464 bits per heavy atom. The number of ether oxygens (including phenoxy) is 6. The number of hydrogen-bond acceptors (Lipinski definition) is 12. The van der Waals surface area contributed by atoms with E-state index >= 15 is 0 Å². The van der Waals surface area contributed by atoms with Gasteiger partial charge in [0.15, 0.2) is 0 Å². The molecular formula is C40H45N3O12Si. The Morgan fingerprint density at radius 2 is 0.696 bits per heavy atom. The van der Waals surface area contributed by atoms with Crippen LogP contribution in [-0.2, 0) is 28.6 Å². The Bertz CT molecular complexity index is 1710. The Hall–Kier alpha value is -6.68. The fourth-order valence-corrected chi connectivity index (χ4v) is 8.26. The Kier molecular flexibility index (Phi) is 16.6. The number of amides is 3. The fourth-order valence-electron chi connectivity index (χ4n) is 4.76. The van der Waals surface area contributed by atoms with E-state index in [1.165, 1.54) is 20.8 Å². The van der Waals surface area contributed by atoms with Gasteiger partial charge >= 0.3 is 36.2 Å². The summed E-state index contributed by atoms with van der Waals surface area (Å²) in [5.74, 6) is -0.862. The molecule has 0 radical (unpaired) electrons. The van der Waals surface area contributed by atoms with E-state index < -0.39 is 44.3 Å². The second kappa shape index (κ2) is 21.3. The SMILES string of the molecule is C=C(C)C(=O)OCCNC(=O)Oc1ccc([Si](C)(c2ccc(OC(=O)NCCOC(=O)C(=C)C)cc2)c2ccc(OC(=O)NCCOC(=O)C(=C)C)cc2)cc1. The van der Waals surface area contributed by atoms with Gasteiger partial charge in [-0.3, -0.25) is 0 Å². The van der Waals surface area contributed by atoms with Gasteiger partial charge in [-0.15, -0.1) is 0 Å². The molecule has 0 saturated carbocycles. The molecule has 0 heterocycles. The van der Waals surface area contributed by atoms with Crippen LogP contribution in [0.25, 0.3) is 0 Å². The Labute approximate surface area is 325 Å². The molecule has 0 bridgehead atoms. The molecule has 15 nitrogen and oxygen atoms in total. The molecule has 0 aromatic heterocycles. The van der Waals surface area contributed by atoms with Crippen LogP contribution >= 0.6 is 0 Å². The maximum Gasteiger partial charge on any atom is 0.412 e. The van der Waals surface area contributed by atoms with Crippen LogP contribution in [0.4, 0.5) is 14.4 Å². The van der Waals surface area contributed by atoms with Crippen molar-refractivity contribution in [2.75, 3.05) is 39.5 Å². The fraction of sp³-hybridized carbons (Fsp3) is 0.250. The molecular weight excluding hydrogens is 743 g/mol. The van der Waals surface area contributed by atoms with Crippen molar-refractivity contribution in [1.82, 2.24) is 16.0 Å². The summed E-state index contributed by atoms with van der Waals surface area (Å²) in [5, 5.41) is 10.3. The quantitative estimate of drug-likeness (QED) is 0.0426. The van der Waals surface area contributed by atoms with Crippen LogP contribution in [0.15, 0.2) is 109 Å². The lowest BCUT2D eigenvalue weighted by Crippen LogP contribution is -2.64. The van der Waals surface area contributed by atoms with Gasteiger partial charge in [-0.05, 0) is 72.7 Å². The zero-order valence-corrected chi connectivity index (χ0v) is 32.7. The van der Waals surface area contributed by atoms with E-state index in [9.17, 15) is 28.8 Å². The highest BCUT2D eigenvalue weighted by atomic mass is 28.3. The highest BCUT2D eigenvalue weighted by Crippen LogP contribution is 2.17. The van der Waals surface area contributed by atoms with E-state index in [1.807, 2.05) is 36.4 Å². The van der Waals surface area contributed by atoms with Gasteiger partial charge in [0.05, 0.1) is 19.6 Å². The third kappa shape index (κ3) is 13.6. The first-order valence-corrected chi connectivity index (χ1v) is 19.8. The minimum Gasteiger partial charge on any atom is -0.460 e. The molecule has 3 rings (SSSR count). The van der Waals surface area contributed by atoms with Crippen LogP contribution in [0, 0.1) is 0 Å². The minimum absolute atomic E-state index is 0.0411. The van der Waals surface area contributed by atoms with Crippen molar-refractivity contribution in [2.45, 2.75) is 27.3 Å². The van der Waals surface area contributed by atoms with Crippen molar-refractivity contribution in [3.8, 4) is 17.2 Å². The molecule has 0 atom stereocenters. The molecule has 0 aliphatic carbocycles. The summed E-state index contributed by atoms with van der Waals surface area (Å²) < 4.78 is 31.1. The van der Waals surface area contributed by atoms with E-state index in [0.717, 1.165) is 15.6 Å². The van der Waals surface area contributed by atoms with Crippen molar-refractivity contribution in [3.05, 3.63) is 109 Å². The van der Waals surface area contributed by atoms with Gasteiger partial charge in [0.25, 0.3) is 0 Å². The summed E-state index contributed by atoms with van der Waals surface area (Å²) in [7, 11) is -2.84. The van der Waals surface area contributed by atoms with Crippen molar-refractivity contribution in [2.24, 2.45) is 0 Å². The van der Waals surface area contributed by atoms with Gasteiger partial charge in [0, 0.05) is 16.7 Å². The maximum absolute atomic E-state index is 12.4. The van der Waals surface area contributed by atoms with Crippen molar-refractivity contribution in [1.29, 1.82) is 0 Å². The standard InChI is InChI=1S/C40H45N3O12Si/c1-26(2)35(44)50-23-20-41-38(47)53-29-8-14-32(15-9-29)56(7,33-16-10-30(11-17-33)54-39(48)42-21-24-51-36(45)27(3)4)34-18-12-31(13-19-34)55-40(49)43-22-25-52-37(46)28(5)6/h8-19H,1,3,5,20-25H2,2,4,6-7H3,(H,41,47)(H,42,48)(H,43,49). The Morgan fingerprint density at radius 3 is 0.911 bits per heavy atom. The maximum atomic E-state index is 12.4. The molecule has 16 heteroatoms. The van der Waals surface area contributed by atoms with Crippen molar-refractivity contribution >= 4 is 59.8 Å². The average molecular weight is 788 g/mol. The number of nitrogens with one attached hydrogen (secondary N) is 3. The number of benzene rings is 3. The lowest BCUT2D eigenvalue weighted by molar-refractivity contribution is -0.139. The van der Waals surface area contributed by atoms with Gasteiger partial charge in [0.1, 0.15) is 45.1 Å². The van der Waals surface area contributed by atoms with Crippen LogP contribution < -0.4 is 45.7 Å². The summed E-state index contributed by atoms with van der Waals surface area (Å²) in [5.41, 5.74) is 0.740. The van der Waals surface area contributed by atoms with Gasteiger partial charge in [-0.25, -0.2) is 28.8 Å². The average Bonchev–Trinajstić information content (AvgIpc) is 3.16. The lowest BCUT2D eigenvalue weighted by atomic mass is 10.3. The first-order valence-electron chi connectivity index (χ1n) is 17.3. The third-order valence-electron chi connectivity index (χ3n) is 7.79. The molecule has 0 unspecified atom stereocenters. The molecule has 3 amide bonds. The van der Waals surface area contributed by atoms with Crippen LogP contribution in [-0.4, -0.2) is 83.7 Å². The summed E-state index contributed by atoms with van der Waals surface area (Å²) in [6.07, 6.45) is -2.20. The van der Waals surface area contributed by atoms with E-state index in [1.54, 1.807) is 36.4 Å². The van der Waals surface area contributed by atoms with Crippen molar-refractivity contribution < 1.29 is 57.2 Å². The summed E-state index contributed by atoms with van der Waals surface area (Å²) in [6.45, 7) is 17.1. The highest BCUT2D eigenvalue weighted by Gasteiger charge is 2.34. The van der Waals surface area contributed by atoms with Crippen LogP contribution in [0.2, 0.25) is 6.55 Å². The van der Waals surface area contributed by atoms with E-state index in [-0.39, 0.29) is 73.4 Å². The molecule has 3 aromatic rings. The zero-order valence-electron chi connectivity index (χ0n) is 31.7. The van der Waals surface area contributed by atoms with Gasteiger partial charge in [-0.2, -0.15) is 0 Å². The van der Waals surface area contributed by atoms with Crippen LogP contribution in [0.1, 0.15) is 20.8 Å². The largest absolute Gasteiger partial charge is 0.460 e. The second-order valence-corrected chi connectivity index (χ2v) is 16.4. The summed E-state index contributed by atoms with van der Waals surface area (Å²) >= 11 is 0. The van der Waals surface area contributed by atoms with Crippen molar-refractivity contribution in [3.63, 3.8) is 0 Å². The normalized spacial score (nSPS) is 10.5. The number of carbonyl (C=O) groups excluding carboxylic acids is 6. The summed E-state index contributed by atoms with van der Waals surface area (Å²) in [4.78, 5) is 71.7. The molecule has 0 aliphatic rings. The first-order chi connectivity index (χ1) is 26.6. The number of carbonyl (C=O) groups is 6. The van der Waals surface area contributed by atoms with E-state index in [2.05, 4.69) is 42.2 Å². The summed E-state index contributed by atoms with van der Waals surface area (Å²) in [6, 6.07) is 21.0. The Balaban J connectivity index is 1.76. The molecule has 3 aromatic carbocycles. The zero-order chi connectivity index (χ0) is 41.3. The number of esters is 3. The molecule has 3 N–H and O–H groups in total. The lowest BCUT2D eigenvalue weighted by Gasteiger charge is -2.30. The molecule has 0 spiro atoms. The second-order valence-electron chi connectivity index (χ2n) is 12.4. The third-order valence-corrected chi connectivity index (χ3v) is 12.2. The topological polar surface area (TPSA) is 194 Å². The predicted octanol–water partition coefficient (Wildman–Crippen LogP) is 3.41. The van der Waals surface area contributed by atoms with E-state index in [0.29, 0.717) is 0 Å². The monoisotopic (exact) mass is 787 g/mol. The van der Waals surface area contributed by atoms with Gasteiger partial charge in [-0.1, -0.05) is 62.7 Å². The smallest absolute Gasteiger partial charge is 0.412 e.